The molecule has 5 heteroatoms. The minimum atomic E-state index is -0.294. The van der Waals surface area contributed by atoms with Crippen molar-refractivity contribution in [3.63, 3.8) is 0 Å². The van der Waals surface area contributed by atoms with Crippen LogP contribution in [0, 0.1) is 0 Å². The Bertz CT molecular complexity index is 388. The molecule has 0 atom stereocenters. The van der Waals surface area contributed by atoms with Crippen LogP contribution in [0.25, 0.3) is 0 Å². The van der Waals surface area contributed by atoms with Gasteiger partial charge in [0, 0.05) is 4.47 Å². The lowest BCUT2D eigenvalue weighted by Crippen LogP contribution is -2.26. The van der Waals surface area contributed by atoms with Crippen LogP contribution < -0.4 is 0 Å². The van der Waals surface area contributed by atoms with E-state index in [-0.39, 0.29) is 17.2 Å². The molecule has 0 aromatic heterocycles. The fourth-order valence-electron chi connectivity index (χ4n) is 1.43. The van der Waals surface area contributed by atoms with Crippen molar-refractivity contribution >= 4 is 21.8 Å². The number of hydroxylamine groups is 2. The Kier molecular flexibility index (Phi) is 2.93. The van der Waals surface area contributed by atoms with E-state index in [2.05, 4.69) is 15.9 Å². The molecule has 2 rings (SSSR count). The van der Waals surface area contributed by atoms with Gasteiger partial charge in [-0.25, -0.2) is 5.06 Å². The second-order valence-electron chi connectivity index (χ2n) is 3.26. The first-order valence-corrected chi connectivity index (χ1v) is 5.41. The highest BCUT2D eigenvalue weighted by Crippen LogP contribution is 2.24. The molecular formula is C10H10BrNO3. The molecule has 0 radical (unpaired) electrons. The lowest BCUT2D eigenvalue weighted by atomic mass is 10.2. The van der Waals surface area contributed by atoms with Crippen LogP contribution in [0.1, 0.15) is 16.8 Å². The molecule has 1 heterocycles. The van der Waals surface area contributed by atoms with Crippen molar-refractivity contribution in [2.24, 2.45) is 0 Å². The normalized spacial score (nSPS) is 15.7. The monoisotopic (exact) mass is 271 g/mol. The smallest absolute Gasteiger partial charge is 0.281 e. The topological polar surface area (TPSA) is 49.8 Å². The predicted octanol–water partition coefficient (Wildman–Crippen LogP) is 1.93. The number of carbonyl (C=O) groups excluding carboxylic acids is 1. The molecule has 1 amide bonds. The second kappa shape index (κ2) is 4.20. The van der Waals surface area contributed by atoms with Gasteiger partial charge in [-0.1, -0.05) is 15.9 Å². The van der Waals surface area contributed by atoms with E-state index in [9.17, 15) is 9.90 Å². The molecule has 1 aromatic carbocycles. The number of carbonyl (C=O) groups is 1. The number of hydrogen-bond donors (Lipinski definition) is 1. The third kappa shape index (κ3) is 2.13. The van der Waals surface area contributed by atoms with E-state index in [0.717, 1.165) is 10.9 Å². The summed E-state index contributed by atoms with van der Waals surface area (Å²) in [4.78, 5) is 16.9. The summed E-state index contributed by atoms with van der Waals surface area (Å²) in [7, 11) is 0. The van der Waals surface area contributed by atoms with E-state index in [4.69, 9.17) is 4.84 Å². The van der Waals surface area contributed by atoms with Crippen molar-refractivity contribution in [3.05, 3.63) is 28.2 Å². The van der Waals surface area contributed by atoms with Gasteiger partial charge in [-0.15, -0.1) is 0 Å². The quantitative estimate of drug-likeness (QED) is 0.849. The summed E-state index contributed by atoms with van der Waals surface area (Å²) in [5, 5.41) is 10.9. The molecule has 1 fully saturated rings. The van der Waals surface area contributed by atoms with Gasteiger partial charge in [0.25, 0.3) is 5.91 Å². The molecular weight excluding hydrogens is 262 g/mol. The lowest BCUT2D eigenvalue weighted by Gasteiger charge is -2.14. The number of aromatic hydroxyl groups is 1. The molecule has 1 aliphatic rings. The summed E-state index contributed by atoms with van der Waals surface area (Å²) < 4.78 is 0.735. The van der Waals surface area contributed by atoms with Gasteiger partial charge in [0.1, 0.15) is 5.75 Å². The molecule has 4 nitrogen and oxygen atoms in total. The van der Waals surface area contributed by atoms with Crippen molar-refractivity contribution in [1.82, 2.24) is 5.06 Å². The molecule has 0 spiro atoms. The number of benzene rings is 1. The minimum Gasteiger partial charge on any atom is -0.507 e. The lowest BCUT2D eigenvalue weighted by molar-refractivity contribution is -0.0769. The van der Waals surface area contributed by atoms with Crippen LogP contribution >= 0.6 is 15.9 Å². The number of hydrogen-bond acceptors (Lipinski definition) is 3. The van der Waals surface area contributed by atoms with E-state index in [1.807, 2.05) is 0 Å². The van der Waals surface area contributed by atoms with Crippen LogP contribution in [-0.2, 0) is 4.84 Å². The molecule has 80 valence electrons. The maximum Gasteiger partial charge on any atom is 0.281 e. The van der Waals surface area contributed by atoms with Gasteiger partial charge in [-0.2, -0.15) is 0 Å². The molecule has 1 N–H and O–H groups in total. The standard InChI is InChI=1S/C10H10BrNO3/c11-7-2-3-8(9(13)6-7)10(14)12-4-1-5-15-12/h2-3,6,13H,1,4-5H2. The molecule has 1 saturated heterocycles. The largest absolute Gasteiger partial charge is 0.507 e. The van der Waals surface area contributed by atoms with Crippen molar-refractivity contribution in [2.75, 3.05) is 13.2 Å². The summed E-state index contributed by atoms with van der Waals surface area (Å²) in [6.45, 7) is 1.14. The van der Waals surface area contributed by atoms with Gasteiger partial charge >= 0.3 is 0 Å². The Morgan fingerprint density at radius 1 is 1.53 bits per heavy atom. The third-order valence-corrected chi connectivity index (χ3v) is 2.66. The Hall–Kier alpha value is -1.07. The second-order valence-corrected chi connectivity index (χ2v) is 4.17. The zero-order chi connectivity index (χ0) is 10.8. The number of rotatable bonds is 1. The average Bonchev–Trinajstić information content (AvgIpc) is 2.69. The van der Waals surface area contributed by atoms with Crippen LogP contribution in [0.3, 0.4) is 0 Å². The Morgan fingerprint density at radius 3 is 2.93 bits per heavy atom. The number of halogens is 1. The first kappa shape index (κ1) is 10.4. The van der Waals surface area contributed by atoms with Crippen LogP contribution in [-0.4, -0.2) is 29.2 Å². The zero-order valence-corrected chi connectivity index (χ0v) is 9.53. The van der Waals surface area contributed by atoms with Crippen LogP contribution in [0.15, 0.2) is 22.7 Å². The molecule has 1 aliphatic heterocycles. The van der Waals surface area contributed by atoms with Crippen LogP contribution in [0.5, 0.6) is 5.75 Å². The fourth-order valence-corrected chi connectivity index (χ4v) is 1.78. The van der Waals surface area contributed by atoms with E-state index in [1.54, 1.807) is 12.1 Å². The van der Waals surface area contributed by atoms with Crippen LogP contribution in [0.2, 0.25) is 0 Å². The number of nitrogens with zero attached hydrogens (tertiary/aromatic N) is 1. The van der Waals surface area contributed by atoms with Gasteiger partial charge in [-0.3, -0.25) is 9.63 Å². The molecule has 1 aromatic rings. The van der Waals surface area contributed by atoms with E-state index >= 15 is 0 Å². The maximum absolute atomic E-state index is 11.8. The highest BCUT2D eigenvalue weighted by atomic mass is 79.9. The van der Waals surface area contributed by atoms with E-state index in [0.29, 0.717) is 13.2 Å². The maximum atomic E-state index is 11.8. The summed E-state index contributed by atoms with van der Waals surface area (Å²) in [5.41, 5.74) is 0.264. The SMILES string of the molecule is O=C(c1ccc(Br)cc1O)N1CCCO1. The van der Waals surface area contributed by atoms with Crippen molar-refractivity contribution in [2.45, 2.75) is 6.42 Å². The minimum absolute atomic E-state index is 0.0372. The Morgan fingerprint density at radius 2 is 2.33 bits per heavy atom. The van der Waals surface area contributed by atoms with Gasteiger partial charge < -0.3 is 5.11 Å². The fraction of sp³-hybridized carbons (Fsp3) is 0.300. The molecule has 0 saturated carbocycles. The van der Waals surface area contributed by atoms with Gasteiger partial charge in [-0.05, 0) is 24.6 Å². The van der Waals surface area contributed by atoms with Crippen LogP contribution in [0.4, 0.5) is 0 Å². The molecule has 0 bridgehead atoms. The van der Waals surface area contributed by atoms with Gasteiger partial charge in [0.2, 0.25) is 0 Å². The first-order valence-electron chi connectivity index (χ1n) is 4.62. The van der Waals surface area contributed by atoms with E-state index < -0.39 is 0 Å². The number of amides is 1. The van der Waals surface area contributed by atoms with Crippen molar-refractivity contribution in [3.8, 4) is 5.75 Å². The molecule has 15 heavy (non-hydrogen) atoms. The average molecular weight is 272 g/mol. The van der Waals surface area contributed by atoms with Gasteiger partial charge in [0.15, 0.2) is 0 Å². The molecule has 0 aliphatic carbocycles. The zero-order valence-electron chi connectivity index (χ0n) is 7.94. The number of phenols is 1. The first-order chi connectivity index (χ1) is 7.18. The summed E-state index contributed by atoms with van der Waals surface area (Å²) in [6.07, 6.45) is 0.836. The Balaban J connectivity index is 2.24. The van der Waals surface area contributed by atoms with Crippen molar-refractivity contribution in [1.29, 1.82) is 0 Å². The van der Waals surface area contributed by atoms with Crippen molar-refractivity contribution < 1.29 is 14.7 Å². The van der Waals surface area contributed by atoms with E-state index in [1.165, 1.54) is 11.1 Å². The highest BCUT2D eigenvalue weighted by molar-refractivity contribution is 9.10. The summed E-state index contributed by atoms with van der Waals surface area (Å²) in [6, 6.07) is 4.77. The summed E-state index contributed by atoms with van der Waals surface area (Å²) in [5.74, 6) is -0.331. The number of phenolic OH excluding ortho intramolecular Hbond substituents is 1. The Labute approximate surface area is 95.5 Å². The van der Waals surface area contributed by atoms with Gasteiger partial charge in [0.05, 0.1) is 18.7 Å². The summed E-state index contributed by atoms with van der Waals surface area (Å²) >= 11 is 3.21. The highest BCUT2D eigenvalue weighted by Gasteiger charge is 2.23. The third-order valence-electron chi connectivity index (χ3n) is 2.17. The molecule has 0 unspecified atom stereocenters. The predicted molar refractivity (Wildman–Crippen MR) is 57.4 cm³/mol.